The fourth-order valence-electron chi connectivity index (χ4n) is 1.69. The normalized spacial score (nSPS) is 10.4. The summed E-state index contributed by atoms with van der Waals surface area (Å²) < 4.78 is 4.98. The van der Waals surface area contributed by atoms with E-state index in [1.165, 1.54) is 7.11 Å². The Bertz CT molecular complexity index is 514. The molecule has 0 saturated carbocycles. The summed E-state index contributed by atoms with van der Waals surface area (Å²) in [7, 11) is 1.52. The first kappa shape index (κ1) is 13.4. The van der Waals surface area contributed by atoms with Gasteiger partial charge in [0.25, 0.3) is 0 Å². The molecule has 0 unspecified atom stereocenters. The first-order chi connectivity index (χ1) is 9.29. The van der Waals surface area contributed by atoms with Crippen molar-refractivity contribution in [2.24, 2.45) is 0 Å². The third-order valence-corrected chi connectivity index (χ3v) is 2.70. The van der Waals surface area contributed by atoms with Gasteiger partial charge in [0.1, 0.15) is 0 Å². The molecule has 0 spiro atoms. The number of benzene rings is 2. The highest BCUT2D eigenvalue weighted by atomic mass is 16.6. The van der Waals surface area contributed by atoms with E-state index in [4.69, 9.17) is 9.57 Å². The van der Waals surface area contributed by atoms with Crippen LogP contribution in [0.3, 0.4) is 0 Å². The van der Waals surface area contributed by atoms with Crippen LogP contribution in [0, 0.1) is 0 Å². The van der Waals surface area contributed by atoms with Crippen LogP contribution in [0.15, 0.2) is 48.5 Å². The molecule has 4 nitrogen and oxygen atoms in total. The number of phenols is 1. The first-order valence-electron chi connectivity index (χ1n) is 6.04. The second-order valence-corrected chi connectivity index (χ2v) is 4.10. The van der Waals surface area contributed by atoms with Gasteiger partial charge in [0, 0.05) is 6.54 Å². The van der Waals surface area contributed by atoms with Crippen molar-refractivity contribution in [3.63, 3.8) is 0 Å². The molecule has 0 amide bonds. The minimum atomic E-state index is 0.129. The Labute approximate surface area is 112 Å². The summed E-state index contributed by atoms with van der Waals surface area (Å²) in [6.45, 7) is 1.02. The van der Waals surface area contributed by atoms with Crippen LogP contribution in [0.5, 0.6) is 11.5 Å². The van der Waals surface area contributed by atoms with Crippen molar-refractivity contribution in [1.82, 2.24) is 5.48 Å². The van der Waals surface area contributed by atoms with Gasteiger partial charge in [-0.05, 0) is 23.3 Å². The zero-order valence-electron chi connectivity index (χ0n) is 10.8. The highest BCUT2D eigenvalue weighted by Crippen LogP contribution is 2.25. The lowest BCUT2D eigenvalue weighted by molar-refractivity contribution is 0.0235. The molecule has 0 saturated heterocycles. The molecule has 0 aromatic heterocycles. The summed E-state index contributed by atoms with van der Waals surface area (Å²) in [5.74, 6) is 0.596. The Morgan fingerprint density at radius 3 is 2.53 bits per heavy atom. The molecular formula is C15H17NO3. The van der Waals surface area contributed by atoms with Gasteiger partial charge < -0.3 is 9.84 Å². The fraction of sp³-hybridized carbons (Fsp3) is 0.200. The smallest absolute Gasteiger partial charge is 0.160 e. The van der Waals surface area contributed by atoms with Crippen LogP contribution in [0.4, 0.5) is 0 Å². The van der Waals surface area contributed by atoms with Crippen LogP contribution in [0.1, 0.15) is 11.1 Å². The van der Waals surface area contributed by atoms with Crippen molar-refractivity contribution in [3.8, 4) is 11.5 Å². The zero-order chi connectivity index (χ0) is 13.5. The lowest BCUT2D eigenvalue weighted by Gasteiger charge is -2.08. The molecule has 100 valence electrons. The first-order valence-corrected chi connectivity index (χ1v) is 6.04. The van der Waals surface area contributed by atoms with Gasteiger partial charge in [0.2, 0.25) is 0 Å². The van der Waals surface area contributed by atoms with Crippen LogP contribution >= 0.6 is 0 Å². The van der Waals surface area contributed by atoms with Crippen LogP contribution in [0.25, 0.3) is 0 Å². The van der Waals surface area contributed by atoms with E-state index in [0.717, 1.165) is 11.1 Å². The Hall–Kier alpha value is -2.04. The Balaban J connectivity index is 1.78. The molecule has 0 fully saturated rings. The quantitative estimate of drug-likeness (QED) is 0.618. The molecule has 0 atom stereocenters. The van der Waals surface area contributed by atoms with Crippen LogP contribution in [-0.2, 0) is 18.0 Å². The predicted molar refractivity (Wildman–Crippen MR) is 72.7 cm³/mol. The summed E-state index contributed by atoms with van der Waals surface area (Å²) in [6.07, 6.45) is 0. The van der Waals surface area contributed by atoms with E-state index in [1.807, 2.05) is 36.4 Å². The maximum atomic E-state index is 9.63. The fourth-order valence-corrected chi connectivity index (χ4v) is 1.69. The Morgan fingerprint density at radius 1 is 1.05 bits per heavy atom. The third-order valence-electron chi connectivity index (χ3n) is 2.70. The van der Waals surface area contributed by atoms with Crippen molar-refractivity contribution in [2.75, 3.05) is 7.11 Å². The van der Waals surface area contributed by atoms with Gasteiger partial charge in [-0.25, -0.2) is 0 Å². The minimum absolute atomic E-state index is 0.129. The second-order valence-electron chi connectivity index (χ2n) is 4.10. The number of hydrogen-bond acceptors (Lipinski definition) is 4. The van der Waals surface area contributed by atoms with Crippen molar-refractivity contribution in [1.29, 1.82) is 0 Å². The van der Waals surface area contributed by atoms with Gasteiger partial charge in [0.05, 0.1) is 13.7 Å². The van der Waals surface area contributed by atoms with Crippen molar-refractivity contribution in [3.05, 3.63) is 59.7 Å². The van der Waals surface area contributed by atoms with Crippen LogP contribution < -0.4 is 10.2 Å². The lowest BCUT2D eigenvalue weighted by Crippen LogP contribution is -2.13. The van der Waals surface area contributed by atoms with Crippen molar-refractivity contribution >= 4 is 0 Å². The van der Waals surface area contributed by atoms with Gasteiger partial charge >= 0.3 is 0 Å². The van der Waals surface area contributed by atoms with E-state index < -0.39 is 0 Å². The summed E-state index contributed by atoms with van der Waals surface area (Å²) in [5.41, 5.74) is 4.89. The van der Waals surface area contributed by atoms with Gasteiger partial charge in [-0.1, -0.05) is 36.4 Å². The molecule has 0 aliphatic heterocycles. The topological polar surface area (TPSA) is 50.7 Å². The molecule has 2 aromatic carbocycles. The molecule has 0 aliphatic carbocycles. The molecule has 2 N–H and O–H groups in total. The number of hydroxylamine groups is 1. The lowest BCUT2D eigenvalue weighted by atomic mass is 10.2. The maximum absolute atomic E-state index is 9.63. The molecule has 2 rings (SSSR count). The second kappa shape index (κ2) is 6.78. The number of nitrogens with one attached hydrogen (secondary N) is 1. The summed E-state index contributed by atoms with van der Waals surface area (Å²) in [5, 5.41) is 9.63. The number of phenolic OH excluding ortho intramolecular Hbond substituents is 1. The summed E-state index contributed by atoms with van der Waals surface area (Å²) in [6, 6.07) is 15.2. The average molecular weight is 259 g/mol. The van der Waals surface area contributed by atoms with Crippen molar-refractivity contribution < 1.29 is 14.7 Å². The van der Waals surface area contributed by atoms with Gasteiger partial charge in [-0.2, -0.15) is 5.48 Å². The Kier molecular flexibility index (Phi) is 4.78. The van der Waals surface area contributed by atoms with E-state index in [0.29, 0.717) is 18.9 Å². The number of aromatic hydroxyl groups is 1. The number of rotatable bonds is 6. The monoisotopic (exact) mass is 259 g/mol. The average Bonchev–Trinajstić information content (AvgIpc) is 2.45. The van der Waals surface area contributed by atoms with Gasteiger partial charge in [-0.15, -0.1) is 0 Å². The van der Waals surface area contributed by atoms with Gasteiger partial charge in [-0.3, -0.25) is 4.84 Å². The van der Waals surface area contributed by atoms with Gasteiger partial charge in [0.15, 0.2) is 11.5 Å². The highest BCUT2D eigenvalue weighted by molar-refractivity contribution is 5.41. The SMILES string of the molecule is COc1ccc(CNOCc2ccccc2)cc1O. The predicted octanol–water partition coefficient (Wildman–Crippen LogP) is 2.62. The molecular weight excluding hydrogens is 242 g/mol. The summed E-state index contributed by atoms with van der Waals surface area (Å²) in [4.78, 5) is 5.36. The molecule has 0 aliphatic rings. The Morgan fingerprint density at radius 2 is 1.84 bits per heavy atom. The van der Waals surface area contributed by atoms with E-state index in [1.54, 1.807) is 12.1 Å². The standard InChI is InChI=1S/C15H17NO3/c1-18-15-8-7-13(9-14(15)17)10-16-19-11-12-5-3-2-4-6-12/h2-9,16-17H,10-11H2,1H3. The summed E-state index contributed by atoms with van der Waals surface area (Å²) >= 11 is 0. The molecule has 0 bridgehead atoms. The third kappa shape index (κ3) is 3.98. The number of hydrogen-bond donors (Lipinski definition) is 2. The minimum Gasteiger partial charge on any atom is -0.504 e. The van der Waals surface area contributed by atoms with Crippen LogP contribution in [-0.4, -0.2) is 12.2 Å². The highest BCUT2D eigenvalue weighted by Gasteiger charge is 2.02. The van der Waals surface area contributed by atoms with E-state index >= 15 is 0 Å². The number of methoxy groups -OCH3 is 1. The zero-order valence-corrected chi connectivity index (χ0v) is 10.8. The molecule has 2 aromatic rings. The maximum Gasteiger partial charge on any atom is 0.160 e. The molecule has 0 heterocycles. The van der Waals surface area contributed by atoms with Crippen molar-refractivity contribution in [2.45, 2.75) is 13.2 Å². The number of ether oxygens (including phenoxy) is 1. The van der Waals surface area contributed by atoms with E-state index in [9.17, 15) is 5.11 Å². The van der Waals surface area contributed by atoms with E-state index in [-0.39, 0.29) is 5.75 Å². The molecule has 0 radical (unpaired) electrons. The molecule has 4 heteroatoms. The molecule has 19 heavy (non-hydrogen) atoms. The largest absolute Gasteiger partial charge is 0.504 e. The van der Waals surface area contributed by atoms with Crippen LogP contribution in [0.2, 0.25) is 0 Å². The van der Waals surface area contributed by atoms with E-state index in [2.05, 4.69) is 5.48 Å².